The number of rotatable bonds is 3. The molecule has 0 aromatic carbocycles. The highest BCUT2D eigenvalue weighted by Crippen LogP contribution is 2.22. The molecular weight excluding hydrogens is 202 g/mol. The fourth-order valence-corrected chi connectivity index (χ4v) is 2.30. The van der Waals surface area contributed by atoms with Gasteiger partial charge in [-0.15, -0.1) is 11.3 Å². The molecule has 2 heteroatoms. The van der Waals surface area contributed by atoms with Crippen LogP contribution in [0.1, 0.15) is 43.0 Å². The molecule has 1 unspecified atom stereocenters. The van der Waals surface area contributed by atoms with Crippen molar-refractivity contribution in [3.05, 3.63) is 21.4 Å². The van der Waals surface area contributed by atoms with Crippen molar-refractivity contribution in [2.45, 2.75) is 54.1 Å². The second-order valence-corrected chi connectivity index (χ2v) is 6.76. The lowest BCUT2D eigenvalue weighted by atomic mass is 9.88. The van der Waals surface area contributed by atoms with Crippen molar-refractivity contribution >= 4 is 11.3 Å². The lowest BCUT2D eigenvalue weighted by Gasteiger charge is -2.28. The SMILES string of the molecule is Cc1cc(CNC(C)C(C)(C)C)sc1C. The third-order valence-electron chi connectivity index (χ3n) is 3.10. The van der Waals surface area contributed by atoms with E-state index in [1.54, 1.807) is 0 Å². The van der Waals surface area contributed by atoms with Gasteiger partial charge in [-0.3, -0.25) is 0 Å². The maximum Gasteiger partial charge on any atom is 0.0302 e. The van der Waals surface area contributed by atoms with Crippen molar-refractivity contribution in [3.63, 3.8) is 0 Å². The Morgan fingerprint density at radius 2 is 1.93 bits per heavy atom. The molecule has 0 amide bonds. The Bertz CT molecular complexity index is 300. The van der Waals surface area contributed by atoms with E-state index < -0.39 is 0 Å². The van der Waals surface area contributed by atoms with Crippen LogP contribution in [0.3, 0.4) is 0 Å². The van der Waals surface area contributed by atoms with E-state index in [4.69, 9.17) is 0 Å². The van der Waals surface area contributed by atoms with Crippen LogP contribution in [0.2, 0.25) is 0 Å². The standard InChI is InChI=1S/C13H23NS/c1-9-7-12(15-10(9)2)8-14-11(3)13(4,5)6/h7,11,14H,8H2,1-6H3. The van der Waals surface area contributed by atoms with E-state index in [1.807, 2.05) is 11.3 Å². The second kappa shape index (κ2) is 4.67. The topological polar surface area (TPSA) is 12.0 Å². The molecule has 15 heavy (non-hydrogen) atoms. The third-order valence-corrected chi connectivity index (χ3v) is 4.25. The van der Waals surface area contributed by atoms with Crippen molar-refractivity contribution < 1.29 is 0 Å². The highest BCUT2D eigenvalue weighted by molar-refractivity contribution is 7.12. The monoisotopic (exact) mass is 225 g/mol. The first-order chi connectivity index (χ1) is 6.80. The molecule has 0 aliphatic rings. The van der Waals surface area contributed by atoms with Gasteiger partial charge in [0, 0.05) is 22.3 Å². The quantitative estimate of drug-likeness (QED) is 0.823. The molecule has 1 heterocycles. The number of hydrogen-bond donors (Lipinski definition) is 1. The zero-order chi connectivity index (χ0) is 11.6. The van der Waals surface area contributed by atoms with Gasteiger partial charge in [-0.1, -0.05) is 20.8 Å². The third kappa shape index (κ3) is 3.62. The lowest BCUT2D eigenvalue weighted by Crippen LogP contribution is -2.36. The fourth-order valence-electron chi connectivity index (χ4n) is 1.30. The minimum atomic E-state index is 0.335. The summed E-state index contributed by atoms with van der Waals surface area (Å²) in [6.45, 7) is 14.4. The molecule has 1 N–H and O–H groups in total. The van der Waals surface area contributed by atoms with Crippen LogP contribution >= 0.6 is 11.3 Å². The van der Waals surface area contributed by atoms with Crippen LogP contribution < -0.4 is 5.32 Å². The molecule has 0 saturated heterocycles. The van der Waals surface area contributed by atoms with Gasteiger partial charge in [0.2, 0.25) is 0 Å². The number of nitrogens with one attached hydrogen (secondary N) is 1. The van der Waals surface area contributed by atoms with Crippen LogP contribution in [0.25, 0.3) is 0 Å². The molecule has 0 radical (unpaired) electrons. The van der Waals surface area contributed by atoms with Crippen molar-refractivity contribution in [2.24, 2.45) is 5.41 Å². The van der Waals surface area contributed by atoms with Crippen LogP contribution in [0.15, 0.2) is 6.07 Å². The predicted octanol–water partition coefficient (Wildman–Crippen LogP) is 3.89. The van der Waals surface area contributed by atoms with Gasteiger partial charge in [-0.2, -0.15) is 0 Å². The van der Waals surface area contributed by atoms with Crippen molar-refractivity contribution in [1.82, 2.24) is 5.32 Å². The van der Waals surface area contributed by atoms with E-state index in [0.717, 1.165) is 6.54 Å². The first-order valence-electron chi connectivity index (χ1n) is 5.60. The van der Waals surface area contributed by atoms with E-state index in [-0.39, 0.29) is 0 Å². The summed E-state index contributed by atoms with van der Waals surface area (Å²) in [4.78, 5) is 2.89. The highest BCUT2D eigenvalue weighted by Gasteiger charge is 2.19. The number of thiophene rings is 1. The lowest BCUT2D eigenvalue weighted by molar-refractivity contribution is 0.286. The molecule has 0 fully saturated rings. The maximum absolute atomic E-state index is 3.59. The van der Waals surface area contributed by atoms with Crippen molar-refractivity contribution in [2.75, 3.05) is 0 Å². The summed E-state index contributed by atoms with van der Waals surface area (Å²) in [6, 6.07) is 2.84. The Morgan fingerprint density at radius 3 is 2.33 bits per heavy atom. The van der Waals surface area contributed by atoms with E-state index in [2.05, 4.69) is 52.9 Å². The minimum absolute atomic E-state index is 0.335. The largest absolute Gasteiger partial charge is 0.309 e. The molecule has 86 valence electrons. The summed E-state index contributed by atoms with van der Waals surface area (Å²) in [5.41, 5.74) is 1.75. The molecular formula is C13H23NS. The van der Waals surface area contributed by atoms with Crippen molar-refractivity contribution in [3.8, 4) is 0 Å². The van der Waals surface area contributed by atoms with Gasteiger partial charge >= 0.3 is 0 Å². The van der Waals surface area contributed by atoms with Gasteiger partial charge in [0.05, 0.1) is 0 Å². The molecule has 0 bridgehead atoms. The van der Waals surface area contributed by atoms with Gasteiger partial charge in [0.15, 0.2) is 0 Å². The summed E-state index contributed by atoms with van der Waals surface area (Å²) in [7, 11) is 0. The molecule has 0 saturated carbocycles. The molecule has 0 aliphatic carbocycles. The molecule has 1 aromatic heterocycles. The molecule has 0 spiro atoms. The fraction of sp³-hybridized carbons (Fsp3) is 0.692. The zero-order valence-corrected chi connectivity index (χ0v) is 11.6. The first kappa shape index (κ1) is 12.7. The van der Waals surface area contributed by atoms with Crippen LogP contribution in [-0.2, 0) is 6.54 Å². The van der Waals surface area contributed by atoms with Crippen molar-refractivity contribution in [1.29, 1.82) is 0 Å². The first-order valence-corrected chi connectivity index (χ1v) is 6.41. The van der Waals surface area contributed by atoms with Crippen LogP contribution in [0, 0.1) is 19.3 Å². The average molecular weight is 225 g/mol. The zero-order valence-electron chi connectivity index (χ0n) is 10.8. The molecule has 1 rings (SSSR count). The number of hydrogen-bond acceptors (Lipinski definition) is 2. The predicted molar refractivity (Wildman–Crippen MR) is 69.5 cm³/mol. The Kier molecular flexibility index (Phi) is 3.96. The van der Waals surface area contributed by atoms with E-state index in [1.165, 1.54) is 15.3 Å². The van der Waals surface area contributed by atoms with Gasteiger partial charge in [-0.25, -0.2) is 0 Å². The second-order valence-electron chi connectivity index (χ2n) is 5.42. The van der Waals surface area contributed by atoms with E-state index in [0.29, 0.717) is 11.5 Å². The molecule has 1 nitrogen and oxygen atoms in total. The Balaban J connectivity index is 2.51. The van der Waals surface area contributed by atoms with E-state index >= 15 is 0 Å². The van der Waals surface area contributed by atoms with Crippen LogP contribution in [0.5, 0.6) is 0 Å². The Morgan fingerprint density at radius 1 is 1.33 bits per heavy atom. The number of aryl methyl sites for hydroxylation is 2. The van der Waals surface area contributed by atoms with Gasteiger partial charge < -0.3 is 5.32 Å². The minimum Gasteiger partial charge on any atom is -0.309 e. The Labute approximate surface area is 97.9 Å². The molecule has 0 aliphatic heterocycles. The van der Waals surface area contributed by atoms with E-state index in [9.17, 15) is 0 Å². The van der Waals surface area contributed by atoms with Crippen LogP contribution in [-0.4, -0.2) is 6.04 Å². The summed E-state index contributed by atoms with van der Waals surface area (Å²) in [5, 5.41) is 3.59. The smallest absolute Gasteiger partial charge is 0.0302 e. The summed E-state index contributed by atoms with van der Waals surface area (Å²) in [5.74, 6) is 0. The van der Waals surface area contributed by atoms with Gasteiger partial charge in [0.25, 0.3) is 0 Å². The maximum atomic E-state index is 3.59. The normalized spacial score (nSPS) is 14.3. The summed E-state index contributed by atoms with van der Waals surface area (Å²) in [6.07, 6.45) is 0. The Hall–Kier alpha value is -0.340. The van der Waals surface area contributed by atoms with Crippen LogP contribution in [0.4, 0.5) is 0 Å². The van der Waals surface area contributed by atoms with Gasteiger partial charge in [-0.05, 0) is 37.8 Å². The molecule has 1 atom stereocenters. The summed E-state index contributed by atoms with van der Waals surface area (Å²) < 4.78 is 0. The summed E-state index contributed by atoms with van der Waals surface area (Å²) >= 11 is 1.90. The average Bonchev–Trinajstić information content (AvgIpc) is 2.41. The van der Waals surface area contributed by atoms with Gasteiger partial charge in [0.1, 0.15) is 0 Å². The highest BCUT2D eigenvalue weighted by atomic mass is 32.1. The molecule has 1 aromatic rings.